The number of nitrogens with zero attached hydrogens (tertiary/aromatic N) is 2. The van der Waals surface area contributed by atoms with Crippen LogP contribution in [-0.4, -0.2) is 48.3 Å². The summed E-state index contributed by atoms with van der Waals surface area (Å²) in [6.45, 7) is -0.521. The number of carbonyl (C=O) groups excluding carboxylic acids is 3. The van der Waals surface area contributed by atoms with Crippen molar-refractivity contribution in [2.45, 2.75) is 0 Å². The molecule has 3 aromatic carbocycles. The molecular weight excluding hydrogens is 478 g/mol. The first-order valence-electron chi connectivity index (χ1n) is 10.1. The van der Waals surface area contributed by atoms with E-state index in [2.05, 4.69) is 5.32 Å². The molecule has 10 nitrogen and oxygen atoms in total. The summed E-state index contributed by atoms with van der Waals surface area (Å²) in [4.78, 5) is 48.2. The molecule has 0 aliphatic carbocycles. The average Bonchev–Trinajstić information content (AvgIpc) is 2.84. The number of nitro groups is 1. The lowest BCUT2D eigenvalue weighted by Gasteiger charge is -2.11. The van der Waals surface area contributed by atoms with Gasteiger partial charge in [0.2, 0.25) is 5.75 Å². The van der Waals surface area contributed by atoms with Crippen molar-refractivity contribution in [2.24, 2.45) is 0 Å². The van der Waals surface area contributed by atoms with Crippen LogP contribution in [0.4, 0.5) is 11.4 Å². The van der Waals surface area contributed by atoms with E-state index in [9.17, 15) is 24.5 Å². The van der Waals surface area contributed by atoms with Gasteiger partial charge in [-0.25, -0.2) is 4.79 Å². The summed E-state index contributed by atoms with van der Waals surface area (Å²) in [5, 5.41) is 13.9. The minimum Gasteiger partial charge on any atom is -0.452 e. The molecule has 3 rings (SSSR count). The highest BCUT2D eigenvalue weighted by molar-refractivity contribution is 6.30. The van der Waals surface area contributed by atoms with Crippen LogP contribution in [0.2, 0.25) is 5.02 Å². The van der Waals surface area contributed by atoms with Crippen molar-refractivity contribution < 1.29 is 28.8 Å². The zero-order chi connectivity index (χ0) is 25.5. The quantitative estimate of drug-likeness (QED) is 0.275. The molecule has 0 saturated heterocycles. The molecule has 3 aromatic rings. The van der Waals surface area contributed by atoms with E-state index in [1.165, 1.54) is 47.4 Å². The summed E-state index contributed by atoms with van der Waals surface area (Å²) in [6.07, 6.45) is 0. The summed E-state index contributed by atoms with van der Waals surface area (Å²) < 4.78 is 10.5. The summed E-state index contributed by atoms with van der Waals surface area (Å²) in [6, 6.07) is 16.0. The number of esters is 1. The van der Waals surface area contributed by atoms with Crippen molar-refractivity contribution in [3.63, 3.8) is 0 Å². The number of amides is 2. The smallest absolute Gasteiger partial charge is 0.338 e. The fourth-order valence-electron chi connectivity index (χ4n) is 2.87. The summed E-state index contributed by atoms with van der Waals surface area (Å²) >= 11 is 5.79. The van der Waals surface area contributed by atoms with Crippen LogP contribution in [-0.2, 0) is 9.53 Å². The highest BCUT2D eigenvalue weighted by atomic mass is 35.5. The minimum atomic E-state index is -0.740. The van der Waals surface area contributed by atoms with E-state index in [0.29, 0.717) is 11.3 Å². The molecule has 0 bridgehead atoms. The third kappa shape index (κ3) is 6.78. The lowest BCUT2D eigenvalue weighted by molar-refractivity contribution is -0.385. The number of nitrogens with one attached hydrogen (secondary N) is 1. The monoisotopic (exact) mass is 497 g/mol. The Balaban J connectivity index is 1.54. The maximum Gasteiger partial charge on any atom is 0.338 e. The average molecular weight is 498 g/mol. The van der Waals surface area contributed by atoms with E-state index >= 15 is 0 Å². The number of ether oxygens (including phenoxy) is 2. The van der Waals surface area contributed by atoms with Crippen LogP contribution in [0.15, 0.2) is 66.7 Å². The molecule has 0 aromatic heterocycles. The zero-order valence-corrected chi connectivity index (χ0v) is 19.4. The van der Waals surface area contributed by atoms with Gasteiger partial charge in [-0.1, -0.05) is 11.6 Å². The Kier molecular flexibility index (Phi) is 8.00. The van der Waals surface area contributed by atoms with E-state index in [1.54, 1.807) is 38.4 Å². The molecule has 0 heterocycles. The number of anilines is 1. The molecule has 0 fully saturated rings. The minimum absolute atomic E-state index is 0.00879. The number of benzene rings is 3. The van der Waals surface area contributed by atoms with Crippen LogP contribution >= 0.6 is 11.6 Å². The molecule has 0 spiro atoms. The van der Waals surface area contributed by atoms with Gasteiger partial charge in [-0.2, -0.15) is 0 Å². The SMILES string of the molecule is CN(C)C(=O)c1ccc(NC(=O)COC(=O)c2ccc(Oc3ccc(Cl)cc3[N+](=O)[O-])cc2)cc1. The number of hydrogen-bond acceptors (Lipinski definition) is 7. The second-order valence-corrected chi connectivity index (χ2v) is 7.83. The van der Waals surface area contributed by atoms with Gasteiger partial charge in [0.1, 0.15) is 5.75 Å². The van der Waals surface area contributed by atoms with Gasteiger partial charge in [-0.3, -0.25) is 19.7 Å². The maximum absolute atomic E-state index is 12.2. The molecule has 0 unspecified atom stereocenters. The molecular formula is C24H20ClN3O7. The Bertz CT molecular complexity index is 1260. The van der Waals surface area contributed by atoms with Gasteiger partial charge in [0, 0.05) is 36.4 Å². The van der Waals surface area contributed by atoms with E-state index in [0.717, 1.165) is 0 Å². The lowest BCUT2D eigenvalue weighted by Crippen LogP contribution is -2.22. The van der Waals surface area contributed by atoms with Crippen molar-refractivity contribution >= 4 is 40.8 Å². The van der Waals surface area contributed by atoms with Gasteiger partial charge in [0.05, 0.1) is 10.5 Å². The van der Waals surface area contributed by atoms with Gasteiger partial charge in [0.15, 0.2) is 6.61 Å². The summed E-state index contributed by atoms with van der Waals surface area (Å²) in [7, 11) is 3.28. The number of carbonyl (C=O) groups is 3. The van der Waals surface area contributed by atoms with E-state index in [-0.39, 0.29) is 33.7 Å². The van der Waals surface area contributed by atoms with Crippen LogP contribution in [0.5, 0.6) is 11.5 Å². The zero-order valence-electron chi connectivity index (χ0n) is 18.7. The fraction of sp³-hybridized carbons (Fsp3) is 0.125. The Morgan fingerprint density at radius 1 is 0.971 bits per heavy atom. The summed E-state index contributed by atoms with van der Waals surface area (Å²) in [5.41, 5.74) is 0.768. The van der Waals surface area contributed by atoms with Gasteiger partial charge < -0.3 is 19.7 Å². The number of rotatable bonds is 8. The Morgan fingerprint density at radius 3 is 2.20 bits per heavy atom. The first kappa shape index (κ1) is 25.2. The molecule has 11 heteroatoms. The Morgan fingerprint density at radius 2 is 1.60 bits per heavy atom. The van der Waals surface area contributed by atoms with E-state index in [4.69, 9.17) is 21.1 Å². The highest BCUT2D eigenvalue weighted by Crippen LogP contribution is 2.33. The van der Waals surface area contributed by atoms with Gasteiger partial charge in [-0.15, -0.1) is 0 Å². The van der Waals surface area contributed by atoms with Crippen molar-refractivity contribution in [1.29, 1.82) is 0 Å². The van der Waals surface area contributed by atoms with Crippen LogP contribution in [0, 0.1) is 10.1 Å². The third-order valence-electron chi connectivity index (χ3n) is 4.59. The molecule has 0 saturated carbocycles. The third-order valence-corrected chi connectivity index (χ3v) is 4.83. The van der Waals surface area contributed by atoms with Crippen LogP contribution in [0.3, 0.4) is 0 Å². The van der Waals surface area contributed by atoms with Gasteiger partial charge >= 0.3 is 11.7 Å². The maximum atomic E-state index is 12.2. The standard InChI is InChI=1S/C24H20ClN3O7/c1-27(2)23(30)15-3-8-18(9-4-15)26-22(29)14-34-24(31)16-5-10-19(11-6-16)35-21-12-7-17(25)13-20(21)28(32)33/h3-13H,14H2,1-2H3,(H,26,29). The Labute approximate surface area is 205 Å². The molecule has 0 radical (unpaired) electrons. The second-order valence-electron chi connectivity index (χ2n) is 7.40. The molecule has 180 valence electrons. The van der Waals surface area contributed by atoms with E-state index < -0.39 is 23.4 Å². The largest absolute Gasteiger partial charge is 0.452 e. The predicted octanol–water partition coefficient (Wildman–Crippen LogP) is 4.54. The first-order chi connectivity index (χ1) is 16.6. The molecule has 35 heavy (non-hydrogen) atoms. The number of hydrogen-bond donors (Lipinski definition) is 1. The molecule has 0 aliphatic heterocycles. The van der Waals surface area contributed by atoms with Crippen LogP contribution < -0.4 is 10.1 Å². The van der Waals surface area contributed by atoms with Crippen molar-refractivity contribution in [3.05, 3.63) is 93.0 Å². The van der Waals surface area contributed by atoms with Crippen LogP contribution in [0.1, 0.15) is 20.7 Å². The van der Waals surface area contributed by atoms with Crippen molar-refractivity contribution in [1.82, 2.24) is 4.90 Å². The molecule has 0 aliphatic rings. The fourth-order valence-corrected chi connectivity index (χ4v) is 3.04. The van der Waals surface area contributed by atoms with Crippen molar-refractivity contribution in [2.75, 3.05) is 26.0 Å². The topological polar surface area (TPSA) is 128 Å². The number of halogens is 1. The van der Waals surface area contributed by atoms with Gasteiger partial charge in [0.25, 0.3) is 11.8 Å². The first-order valence-corrected chi connectivity index (χ1v) is 10.5. The number of nitro benzene ring substituents is 1. The summed E-state index contributed by atoms with van der Waals surface area (Å²) in [5.74, 6) is -1.22. The lowest BCUT2D eigenvalue weighted by atomic mass is 10.2. The highest BCUT2D eigenvalue weighted by Gasteiger charge is 2.17. The van der Waals surface area contributed by atoms with Crippen LogP contribution in [0.25, 0.3) is 0 Å². The van der Waals surface area contributed by atoms with Gasteiger partial charge in [-0.05, 0) is 60.7 Å². The Hall–Kier alpha value is -4.44. The second kappa shape index (κ2) is 11.1. The predicted molar refractivity (Wildman–Crippen MR) is 128 cm³/mol. The molecule has 1 N–H and O–H groups in total. The van der Waals surface area contributed by atoms with E-state index in [1.807, 2.05) is 0 Å². The van der Waals surface area contributed by atoms with Crippen molar-refractivity contribution in [3.8, 4) is 11.5 Å². The molecule has 0 atom stereocenters. The molecule has 2 amide bonds. The normalized spacial score (nSPS) is 10.3.